The first kappa shape index (κ1) is 19.3. The number of thiocarbonyl (C=S) groups is 1. The Bertz CT molecular complexity index is 947. The largest absolute Gasteiger partial charge is 0.447 e. The molecule has 0 amide bonds. The van der Waals surface area contributed by atoms with Gasteiger partial charge < -0.3 is 9.42 Å². The first-order valence-electron chi connectivity index (χ1n) is 8.36. The Labute approximate surface area is 165 Å². The van der Waals surface area contributed by atoms with Crippen molar-refractivity contribution in [1.29, 1.82) is 0 Å². The van der Waals surface area contributed by atoms with Gasteiger partial charge in [0, 0.05) is 11.6 Å². The number of hydrogen-bond donors (Lipinski definition) is 0. The molecule has 1 aliphatic heterocycles. The predicted molar refractivity (Wildman–Crippen MR) is 108 cm³/mol. The van der Waals surface area contributed by atoms with Gasteiger partial charge in [0.1, 0.15) is 4.32 Å². The zero-order valence-electron chi connectivity index (χ0n) is 14.8. The molecule has 2 heterocycles. The molecule has 9 heteroatoms. The number of rotatable bonds is 5. The monoisotopic (exact) mass is 413 g/mol. The van der Waals surface area contributed by atoms with Gasteiger partial charge in [-0.2, -0.15) is 4.57 Å². The Hall–Kier alpha value is -1.51. The fraction of sp³-hybridized carbons (Fsp3) is 0.471. The summed E-state index contributed by atoms with van der Waals surface area (Å²) in [5.41, 5.74) is -0.164. The van der Waals surface area contributed by atoms with Gasteiger partial charge in [-0.05, 0) is 38.5 Å². The maximum atomic E-state index is 13.0. The van der Waals surface area contributed by atoms with Crippen molar-refractivity contribution in [1.82, 2.24) is 14.2 Å². The summed E-state index contributed by atoms with van der Waals surface area (Å²) in [6, 6.07) is 6.55. The molecule has 1 aromatic carbocycles. The van der Waals surface area contributed by atoms with Crippen molar-refractivity contribution in [2.45, 2.75) is 44.5 Å². The van der Waals surface area contributed by atoms with Crippen LogP contribution in [0.4, 0.5) is 0 Å². The smallest absolute Gasteiger partial charge is 0.333 e. The van der Waals surface area contributed by atoms with E-state index in [9.17, 15) is 9.59 Å². The molecule has 1 saturated heterocycles. The maximum Gasteiger partial charge on any atom is 0.447 e. The maximum absolute atomic E-state index is 13.0. The summed E-state index contributed by atoms with van der Waals surface area (Å²) in [6.45, 7) is 6.77. The van der Waals surface area contributed by atoms with Crippen molar-refractivity contribution in [3.63, 3.8) is 0 Å². The molecule has 6 nitrogen and oxygen atoms in total. The molecule has 0 N–H and O–H groups in total. The fourth-order valence-corrected chi connectivity index (χ4v) is 5.20. The first-order valence-corrected chi connectivity index (χ1v) is 9.97. The van der Waals surface area contributed by atoms with Gasteiger partial charge in [-0.25, -0.2) is 9.59 Å². The summed E-state index contributed by atoms with van der Waals surface area (Å²) in [5, 5.41) is 0.434. The minimum absolute atomic E-state index is 0.376. The molecule has 0 bridgehead atoms. The van der Waals surface area contributed by atoms with Gasteiger partial charge in [-0.1, -0.05) is 55.0 Å². The lowest BCUT2D eigenvalue weighted by molar-refractivity contribution is 0.0897. The van der Waals surface area contributed by atoms with E-state index in [-0.39, 0.29) is 0 Å². The molecule has 140 valence electrons. The van der Waals surface area contributed by atoms with Crippen molar-refractivity contribution in [3.8, 4) is 5.69 Å². The van der Waals surface area contributed by atoms with Crippen LogP contribution in [0, 0.1) is 0 Å². The van der Waals surface area contributed by atoms with Crippen LogP contribution < -0.4 is 11.4 Å². The zero-order chi connectivity index (χ0) is 19.1. The normalized spacial score (nSPS) is 19.3. The van der Waals surface area contributed by atoms with Crippen LogP contribution in [0.25, 0.3) is 5.69 Å². The van der Waals surface area contributed by atoms with Crippen molar-refractivity contribution in [2.24, 2.45) is 0 Å². The van der Waals surface area contributed by atoms with Crippen LogP contribution in [0.15, 0.2) is 38.4 Å². The Kier molecular flexibility index (Phi) is 5.37. The van der Waals surface area contributed by atoms with Crippen LogP contribution in [0.2, 0.25) is 5.02 Å². The Morgan fingerprint density at radius 1 is 1.35 bits per heavy atom. The second-order valence-electron chi connectivity index (χ2n) is 6.67. The van der Waals surface area contributed by atoms with E-state index in [2.05, 4.69) is 6.92 Å². The lowest BCUT2D eigenvalue weighted by atomic mass is 10.1. The fourth-order valence-electron chi connectivity index (χ4n) is 3.09. The van der Waals surface area contributed by atoms with E-state index < -0.39 is 22.4 Å². The minimum Gasteiger partial charge on any atom is -0.333 e. The highest BCUT2D eigenvalue weighted by Crippen LogP contribution is 2.46. The number of aromatic nitrogens is 2. The van der Waals surface area contributed by atoms with Crippen LogP contribution in [-0.4, -0.2) is 29.8 Å². The summed E-state index contributed by atoms with van der Waals surface area (Å²) >= 11 is 13.0. The van der Waals surface area contributed by atoms with Crippen molar-refractivity contribution in [3.05, 3.63) is 50.3 Å². The molecule has 0 radical (unpaired) electrons. The third-order valence-corrected chi connectivity index (χ3v) is 6.15. The average molecular weight is 414 g/mol. The number of nitrogens with zero attached hydrogens (tertiary/aromatic N) is 3. The molecule has 0 spiro atoms. The van der Waals surface area contributed by atoms with Gasteiger partial charge >= 0.3 is 11.4 Å². The van der Waals surface area contributed by atoms with Gasteiger partial charge in [-0.15, -0.1) is 4.74 Å². The Morgan fingerprint density at radius 2 is 2.08 bits per heavy atom. The highest BCUT2D eigenvalue weighted by atomic mass is 35.5. The Balaban J connectivity index is 2.11. The third kappa shape index (κ3) is 3.37. The van der Waals surface area contributed by atoms with Gasteiger partial charge in [0.05, 0.1) is 10.4 Å². The zero-order valence-corrected chi connectivity index (χ0v) is 17.2. The van der Waals surface area contributed by atoms with Gasteiger partial charge in [0.2, 0.25) is 0 Å². The molecule has 1 aromatic heterocycles. The minimum atomic E-state index is -0.744. The molecule has 2 aromatic rings. The summed E-state index contributed by atoms with van der Waals surface area (Å²) in [5.74, 6) is -0.744. The number of halogens is 1. The highest BCUT2D eigenvalue weighted by Gasteiger charge is 2.47. The van der Waals surface area contributed by atoms with Crippen molar-refractivity contribution in [2.75, 3.05) is 6.54 Å². The summed E-state index contributed by atoms with van der Waals surface area (Å²) < 4.78 is 7.80. The van der Waals surface area contributed by atoms with E-state index in [1.165, 1.54) is 11.8 Å². The van der Waals surface area contributed by atoms with Crippen molar-refractivity contribution < 1.29 is 4.52 Å². The van der Waals surface area contributed by atoms with Crippen LogP contribution in [0.1, 0.15) is 39.8 Å². The van der Waals surface area contributed by atoms with Crippen molar-refractivity contribution >= 4 is 39.9 Å². The molecular weight excluding hydrogens is 394 g/mol. The molecule has 1 atom stereocenters. The molecule has 26 heavy (non-hydrogen) atoms. The van der Waals surface area contributed by atoms with E-state index in [1.54, 1.807) is 24.3 Å². The van der Waals surface area contributed by atoms with E-state index in [4.69, 9.17) is 28.3 Å². The topological polar surface area (TPSA) is 60.4 Å². The molecule has 1 aliphatic rings. The van der Waals surface area contributed by atoms with Crippen LogP contribution in [-0.2, 0) is 0 Å². The molecule has 0 aliphatic carbocycles. The predicted octanol–water partition coefficient (Wildman–Crippen LogP) is 3.66. The van der Waals surface area contributed by atoms with E-state index in [0.29, 0.717) is 21.6 Å². The number of unbranched alkanes of at least 4 members (excludes halogenated alkanes) is 1. The number of hydrogen-bond acceptors (Lipinski definition) is 5. The first-order chi connectivity index (χ1) is 12.3. The second-order valence-corrected chi connectivity index (χ2v) is 9.40. The SMILES string of the molecule is CCCCN1C(=S)SC(C)(C)[C@H]1n1oc(=O)n(-c2cccc(Cl)c2)c1=O. The third-order valence-electron chi connectivity index (χ3n) is 4.28. The summed E-state index contributed by atoms with van der Waals surface area (Å²) in [4.78, 5) is 27.4. The lowest BCUT2D eigenvalue weighted by Gasteiger charge is -2.30. The van der Waals surface area contributed by atoms with E-state index in [0.717, 1.165) is 22.1 Å². The average Bonchev–Trinajstić information content (AvgIpc) is 2.96. The van der Waals surface area contributed by atoms with Crippen LogP contribution in [0.5, 0.6) is 0 Å². The summed E-state index contributed by atoms with van der Waals surface area (Å²) in [7, 11) is 0. The van der Waals surface area contributed by atoms with E-state index in [1.807, 2.05) is 18.7 Å². The Morgan fingerprint density at radius 3 is 2.73 bits per heavy atom. The number of thioether (sulfide) groups is 1. The molecule has 0 unspecified atom stereocenters. The molecular formula is C17H20ClN3O3S2. The highest BCUT2D eigenvalue weighted by molar-refractivity contribution is 8.24. The second kappa shape index (κ2) is 7.25. The number of benzene rings is 1. The van der Waals surface area contributed by atoms with Crippen LogP contribution >= 0.6 is 35.6 Å². The summed E-state index contributed by atoms with van der Waals surface area (Å²) in [6.07, 6.45) is 1.47. The standard InChI is InChI=1S/C17H20ClN3O3S2/c1-4-5-9-19-13(17(2,3)26-16(19)25)21-14(22)20(15(23)24-21)12-8-6-7-11(18)10-12/h6-8,10,13H,4-5,9H2,1-3H3/t13-/m1/s1. The molecule has 0 saturated carbocycles. The van der Waals surface area contributed by atoms with Gasteiger partial charge in [0.15, 0.2) is 6.17 Å². The van der Waals surface area contributed by atoms with Gasteiger partial charge in [0.25, 0.3) is 0 Å². The molecule has 3 rings (SSSR count). The van der Waals surface area contributed by atoms with Gasteiger partial charge in [-0.3, -0.25) is 0 Å². The lowest BCUT2D eigenvalue weighted by Crippen LogP contribution is -2.42. The molecule has 1 fully saturated rings. The quantitative estimate of drug-likeness (QED) is 0.697. The van der Waals surface area contributed by atoms with Crippen LogP contribution in [0.3, 0.4) is 0 Å². The van der Waals surface area contributed by atoms with E-state index >= 15 is 0 Å².